The lowest BCUT2D eigenvalue weighted by molar-refractivity contribution is -0.119. The Morgan fingerprint density at radius 3 is 2.21 bits per heavy atom. The summed E-state index contributed by atoms with van der Waals surface area (Å²) in [6, 6.07) is 12.9. The van der Waals surface area contributed by atoms with E-state index >= 15 is 0 Å². The third-order valence-electron chi connectivity index (χ3n) is 5.80. The number of hydrogen-bond donors (Lipinski definition) is 1. The Bertz CT molecular complexity index is 1410. The molecule has 2 atom stereocenters. The summed E-state index contributed by atoms with van der Waals surface area (Å²) >= 11 is 37.0. The highest BCUT2D eigenvalue weighted by molar-refractivity contribution is 6.48. The number of carbonyl (C=O) groups excluding carboxylic acids is 2. The number of rotatable bonds is 8. The van der Waals surface area contributed by atoms with Crippen LogP contribution in [0.15, 0.2) is 48.5 Å². The molecule has 0 saturated heterocycles. The van der Waals surface area contributed by atoms with Crippen LogP contribution >= 0.6 is 69.6 Å². The Kier molecular flexibility index (Phi) is 10.5. The zero-order chi connectivity index (χ0) is 28.1. The van der Waals surface area contributed by atoms with Gasteiger partial charge in [-0.2, -0.15) is 5.26 Å². The van der Waals surface area contributed by atoms with Gasteiger partial charge in [0.15, 0.2) is 0 Å². The van der Waals surface area contributed by atoms with Crippen molar-refractivity contribution in [1.82, 2.24) is 0 Å². The maximum Gasteiger partial charge on any atom is 0.259 e. The fourth-order valence-electron chi connectivity index (χ4n) is 3.76. The van der Waals surface area contributed by atoms with Crippen molar-refractivity contribution in [2.75, 3.05) is 29.0 Å². The molecule has 0 aliphatic rings. The molecule has 0 spiro atoms. The lowest BCUT2D eigenvalue weighted by Crippen LogP contribution is -2.31. The van der Waals surface area contributed by atoms with Gasteiger partial charge in [-0.1, -0.05) is 46.4 Å². The molecule has 1 N–H and O–H groups in total. The molecule has 2 unspecified atom stereocenters. The van der Waals surface area contributed by atoms with Gasteiger partial charge in [0.25, 0.3) is 5.91 Å². The highest BCUT2D eigenvalue weighted by atomic mass is 35.5. The molecule has 0 saturated carbocycles. The largest absolute Gasteiger partial charge is 0.326 e. The van der Waals surface area contributed by atoms with Crippen molar-refractivity contribution in [3.63, 3.8) is 0 Å². The Labute approximate surface area is 248 Å². The number of halogens is 7. The number of alkyl halides is 2. The quantitative estimate of drug-likeness (QED) is 0.200. The van der Waals surface area contributed by atoms with E-state index in [2.05, 4.69) is 5.32 Å². The molecule has 0 bridgehead atoms. The summed E-state index contributed by atoms with van der Waals surface area (Å²) < 4.78 is 13.5. The van der Waals surface area contributed by atoms with Crippen LogP contribution in [0.4, 0.5) is 15.8 Å². The van der Waals surface area contributed by atoms with Gasteiger partial charge >= 0.3 is 0 Å². The second kappa shape index (κ2) is 13.2. The molecule has 0 aromatic heterocycles. The maximum atomic E-state index is 13.5. The molecule has 3 aromatic rings. The summed E-state index contributed by atoms with van der Waals surface area (Å²) in [5.41, 5.74) is 1.07. The van der Waals surface area contributed by atoms with Crippen molar-refractivity contribution in [2.45, 2.75) is 5.92 Å². The van der Waals surface area contributed by atoms with Gasteiger partial charge in [0.05, 0.1) is 42.8 Å². The minimum absolute atomic E-state index is 0.0269. The Morgan fingerprint density at radius 2 is 1.63 bits per heavy atom. The van der Waals surface area contributed by atoms with Gasteiger partial charge in [-0.25, -0.2) is 4.39 Å². The zero-order valence-electron chi connectivity index (χ0n) is 19.5. The number of carbonyl (C=O) groups is 2. The van der Waals surface area contributed by atoms with Gasteiger partial charge in [-0.15, -0.1) is 23.2 Å². The van der Waals surface area contributed by atoms with E-state index in [-0.39, 0.29) is 54.4 Å². The first-order valence-corrected chi connectivity index (χ1v) is 13.4. The van der Waals surface area contributed by atoms with Crippen LogP contribution in [0.3, 0.4) is 0 Å². The van der Waals surface area contributed by atoms with Crippen molar-refractivity contribution in [2.24, 2.45) is 5.92 Å². The van der Waals surface area contributed by atoms with Crippen molar-refractivity contribution < 1.29 is 14.0 Å². The van der Waals surface area contributed by atoms with E-state index in [1.54, 1.807) is 12.1 Å². The number of amides is 2. The number of nitriles is 1. The molecular weight excluding hydrogens is 618 g/mol. The molecule has 38 heavy (non-hydrogen) atoms. The number of hydrogen-bond acceptors (Lipinski definition) is 3. The van der Waals surface area contributed by atoms with Crippen molar-refractivity contribution >= 4 is 92.8 Å². The molecule has 2 amide bonds. The van der Waals surface area contributed by atoms with E-state index < -0.39 is 29.5 Å². The third-order valence-corrected chi connectivity index (χ3v) is 7.99. The zero-order valence-corrected chi connectivity index (χ0v) is 24.1. The highest BCUT2D eigenvalue weighted by Crippen LogP contribution is 2.37. The van der Waals surface area contributed by atoms with Crippen LogP contribution in [0, 0.1) is 23.1 Å². The molecule has 0 aliphatic heterocycles. The third kappa shape index (κ3) is 6.66. The lowest BCUT2D eigenvalue weighted by Gasteiger charge is -2.24. The SMILES string of the molecule is CN(C(=O)c1cc(NC(=O)C(CCl)C(CCl)c2cc(Cl)c(Cl)c(Cl)c2)ccc1Cl)c1ccc(F)cc1C#N. The van der Waals surface area contributed by atoms with Gasteiger partial charge in [-0.05, 0) is 54.1 Å². The summed E-state index contributed by atoms with van der Waals surface area (Å²) in [5, 5.41) is 12.8. The summed E-state index contributed by atoms with van der Waals surface area (Å²) in [5.74, 6) is -3.04. The molecular formula is C26H18Cl6FN3O2. The van der Waals surface area contributed by atoms with E-state index in [4.69, 9.17) is 69.6 Å². The van der Waals surface area contributed by atoms with Crippen molar-refractivity contribution in [3.8, 4) is 6.07 Å². The molecule has 5 nitrogen and oxygen atoms in total. The average molecular weight is 636 g/mol. The topological polar surface area (TPSA) is 73.2 Å². The normalized spacial score (nSPS) is 12.4. The number of benzene rings is 3. The average Bonchev–Trinajstić information content (AvgIpc) is 2.90. The first kappa shape index (κ1) is 30.3. The summed E-state index contributed by atoms with van der Waals surface area (Å²) in [6.07, 6.45) is 0. The summed E-state index contributed by atoms with van der Waals surface area (Å²) in [6.45, 7) is 0. The van der Waals surface area contributed by atoms with Crippen LogP contribution in [0.1, 0.15) is 27.4 Å². The standard InChI is InChI=1S/C26H18Cl6FN3O2/c1-36(23-5-2-15(33)6-14(23)12-34)26(38)17-9-16(3-4-20(17)29)35-25(37)19(11-28)18(10-27)13-7-21(30)24(32)22(31)8-13/h2-9,18-19H,10-11H2,1H3,(H,35,37). The van der Waals surface area contributed by atoms with Crippen LogP contribution in [0.5, 0.6) is 0 Å². The fraction of sp³-hybridized carbons (Fsp3) is 0.192. The minimum atomic E-state index is -0.794. The van der Waals surface area contributed by atoms with E-state index in [0.29, 0.717) is 5.56 Å². The summed E-state index contributed by atoms with van der Waals surface area (Å²) in [7, 11) is 1.43. The molecule has 0 heterocycles. The Morgan fingerprint density at radius 1 is 0.974 bits per heavy atom. The van der Waals surface area contributed by atoms with Crippen molar-refractivity contribution in [1.29, 1.82) is 5.26 Å². The van der Waals surface area contributed by atoms with Crippen LogP contribution < -0.4 is 10.2 Å². The molecule has 198 valence electrons. The fourth-order valence-corrected chi connectivity index (χ4v) is 5.32. The van der Waals surface area contributed by atoms with E-state index in [1.165, 1.54) is 36.2 Å². The molecule has 0 radical (unpaired) electrons. The predicted molar refractivity (Wildman–Crippen MR) is 153 cm³/mol. The predicted octanol–water partition coefficient (Wildman–Crippen LogP) is 8.40. The molecule has 0 fully saturated rings. The lowest BCUT2D eigenvalue weighted by atomic mass is 9.88. The number of anilines is 2. The van der Waals surface area contributed by atoms with Crippen molar-refractivity contribution in [3.05, 3.63) is 91.1 Å². The van der Waals surface area contributed by atoms with Gasteiger partial charge < -0.3 is 10.2 Å². The van der Waals surface area contributed by atoms with Crippen LogP contribution in [-0.2, 0) is 4.79 Å². The van der Waals surface area contributed by atoms with Gasteiger partial charge in [0.2, 0.25) is 5.91 Å². The van der Waals surface area contributed by atoms with Gasteiger partial charge in [0, 0.05) is 30.4 Å². The first-order valence-electron chi connectivity index (χ1n) is 10.9. The molecule has 12 heteroatoms. The van der Waals surface area contributed by atoms with E-state index in [1.807, 2.05) is 6.07 Å². The second-order valence-electron chi connectivity index (χ2n) is 8.14. The van der Waals surface area contributed by atoms with Gasteiger partial charge in [0.1, 0.15) is 11.9 Å². The monoisotopic (exact) mass is 633 g/mol. The number of nitrogens with one attached hydrogen (secondary N) is 1. The first-order chi connectivity index (χ1) is 18.0. The van der Waals surface area contributed by atoms with Crippen LogP contribution in [-0.4, -0.2) is 30.6 Å². The molecule has 3 aromatic carbocycles. The number of nitrogens with zero attached hydrogens (tertiary/aromatic N) is 2. The Hall–Kier alpha value is -2.24. The van der Waals surface area contributed by atoms with Crippen LogP contribution in [0.2, 0.25) is 20.1 Å². The summed E-state index contributed by atoms with van der Waals surface area (Å²) in [4.78, 5) is 27.6. The molecule has 3 rings (SSSR count). The smallest absolute Gasteiger partial charge is 0.259 e. The maximum absolute atomic E-state index is 13.5. The van der Waals surface area contributed by atoms with E-state index in [9.17, 15) is 19.2 Å². The van der Waals surface area contributed by atoms with Crippen LogP contribution in [0.25, 0.3) is 0 Å². The minimum Gasteiger partial charge on any atom is -0.326 e. The van der Waals surface area contributed by atoms with E-state index in [0.717, 1.165) is 12.1 Å². The highest BCUT2D eigenvalue weighted by Gasteiger charge is 2.30. The molecule has 0 aliphatic carbocycles. The Balaban J connectivity index is 1.88. The second-order valence-corrected chi connectivity index (χ2v) is 10.4. The van der Waals surface area contributed by atoms with Gasteiger partial charge in [-0.3, -0.25) is 9.59 Å².